The number of rotatable bonds is 8. The van der Waals surface area contributed by atoms with Crippen LogP contribution >= 0.6 is 11.8 Å². The van der Waals surface area contributed by atoms with Gasteiger partial charge >= 0.3 is 5.97 Å². The molecule has 18 heavy (non-hydrogen) atoms. The fraction of sp³-hybridized carbons (Fsp3) is 0.923. The van der Waals surface area contributed by atoms with E-state index < -0.39 is 11.5 Å². The van der Waals surface area contributed by atoms with Gasteiger partial charge in [-0.3, -0.25) is 4.79 Å². The van der Waals surface area contributed by atoms with Crippen LogP contribution in [0, 0.1) is 0 Å². The Morgan fingerprint density at radius 1 is 1.56 bits per heavy atom. The zero-order valence-electron chi connectivity index (χ0n) is 11.6. The molecule has 0 spiro atoms. The minimum atomic E-state index is -0.783. The molecule has 0 aromatic carbocycles. The lowest BCUT2D eigenvalue weighted by molar-refractivity contribution is -0.144. The first-order chi connectivity index (χ1) is 8.49. The van der Waals surface area contributed by atoms with Crippen LogP contribution in [0.5, 0.6) is 0 Å². The van der Waals surface area contributed by atoms with Crippen LogP contribution in [-0.2, 0) is 9.53 Å². The minimum Gasteiger partial charge on any atom is -0.480 e. The molecule has 1 rings (SSSR count). The van der Waals surface area contributed by atoms with Crippen molar-refractivity contribution in [3.05, 3.63) is 0 Å². The van der Waals surface area contributed by atoms with Crippen LogP contribution in [0.3, 0.4) is 0 Å². The Hall–Kier alpha value is -0.260. The Morgan fingerprint density at radius 3 is 2.78 bits per heavy atom. The third-order valence-corrected chi connectivity index (χ3v) is 5.31. The molecule has 1 saturated heterocycles. The van der Waals surface area contributed by atoms with Crippen molar-refractivity contribution in [3.63, 3.8) is 0 Å². The first-order valence-electron chi connectivity index (χ1n) is 6.65. The number of carboxylic acid groups (broad SMARTS) is 1. The molecule has 1 heterocycles. The van der Waals surface area contributed by atoms with E-state index in [1.807, 2.05) is 11.8 Å². The van der Waals surface area contributed by atoms with Crippen LogP contribution < -0.4 is 5.32 Å². The lowest BCUT2D eigenvalue weighted by Gasteiger charge is -2.24. The summed E-state index contributed by atoms with van der Waals surface area (Å²) in [6.07, 6.45) is 4.21. The zero-order chi connectivity index (χ0) is 13.6. The number of aliphatic carboxylic acids is 1. The molecule has 1 fully saturated rings. The summed E-state index contributed by atoms with van der Waals surface area (Å²) in [6, 6.07) is 0. The SMILES string of the molecule is CNC(C)(CCCCSC1CCOC1C)C(=O)O. The van der Waals surface area contributed by atoms with Crippen LogP contribution in [-0.4, -0.2) is 47.4 Å². The Balaban J connectivity index is 2.13. The predicted octanol–water partition coefficient (Wildman–Crippen LogP) is 2.13. The molecule has 3 atom stereocenters. The highest BCUT2D eigenvalue weighted by atomic mass is 32.2. The van der Waals surface area contributed by atoms with E-state index in [-0.39, 0.29) is 0 Å². The van der Waals surface area contributed by atoms with Gasteiger partial charge in [-0.2, -0.15) is 11.8 Å². The Labute approximate surface area is 114 Å². The molecule has 0 aliphatic carbocycles. The summed E-state index contributed by atoms with van der Waals surface area (Å²) in [6.45, 7) is 4.76. The molecule has 0 saturated carbocycles. The maximum atomic E-state index is 11.1. The maximum Gasteiger partial charge on any atom is 0.323 e. The van der Waals surface area contributed by atoms with Crippen LogP contribution in [0.1, 0.15) is 39.5 Å². The minimum absolute atomic E-state index is 0.372. The number of carboxylic acids is 1. The highest BCUT2D eigenvalue weighted by Gasteiger charge is 2.30. The highest BCUT2D eigenvalue weighted by molar-refractivity contribution is 7.99. The van der Waals surface area contributed by atoms with Gasteiger partial charge in [0, 0.05) is 11.9 Å². The Bertz CT molecular complexity index is 275. The number of hydrogen-bond donors (Lipinski definition) is 2. The second-order valence-corrected chi connectivity index (χ2v) is 6.47. The van der Waals surface area contributed by atoms with E-state index >= 15 is 0 Å². The van der Waals surface area contributed by atoms with E-state index in [0.717, 1.165) is 31.6 Å². The van der Waals surface area contributed by atoms with Crippen LogP contribution in [0.2, 0.25) is 0 Å². The summed E-state index contributed by atoms with van der Waals surface area (Å²) in [7, 11) is 1.71. The van der Waals surface area contributed by atoms with Crippen molar-refractivity contribution < 1.29 is 14.6 Å². The molecule has 1 aliphatic rings. The first kappa shape index (κ1) is 15.8. The Kier molecular flexibility index (Phi) is 6.46. The maximum absolute atomic E-state index is 11.1. The van der Waals surface area contributed by atoms with Crippen molar-refractivity contribution in [2.45, 2.75) is 56.4 Å². The number of likely N-dealkylation sites (N-methyl/N-ethyl adjacent to an activating group) is 1. The molecule has 106 valence electrons. The van der Waals surface area contributed by atoms with E-state index in [0.29, 0.717) is 17.8 Å². The molecule has 0 aromatic rings. The molecule has 5 heteroatoms. The van der Waals surface area contributed by atoms with Crippen LogP contribution in [0.25, 0.3) is 0 Å². The van der Waals surface area contributed by atoms with Crippen LogP contribution in [0.15, 0.2) is 0 Å². The van der Waals surface area contributed by atoms with E-state index in [1.165, 1.54) is 0 Å². The number of thioether (sulfide) groups is 1. The molecule has 0 amide bonds. The van der Waals surface area contributed by atoms with Gasteiger partial charge in [0.1, 0.15) is 5.54 Å². The summed E-state index contributed by atoms with van der Waals surface area (Å²) in [5.74, 6) is 0.327. The van der Waals surface area contributed by atoms with Gasteiger partial charge in [0.15, 0.2) is 0 Å². The standard InChI is InChI=1S/C13H25NO3S/c1-10-11(6-8-17-10)18-9-5-4-7-13(2,14-3)12(15)16/h10-11,14H,4-9H2,1-3H3,(H,15,16). The summed E-state index contributed by atoms with van der Waals surface area (Å²) in [4.78, 5) is 11.1. The summed E-state index contributed by atoms with van der Waals surface area (Å²) in [5, 5.41) is 12.6. The molecule has 2 N–H and O–H groups in total. The lowest BCUT2D eigenvalue weighted by Crippen LogP contribution is -2.47. The zero-order valence-corrected chi connectivity index (χ0v) is 12.4. The fourth-order valence-electron chi connectivity index (χ4n) is 2.09. The predicted molar refractivity (Wildman–Crippen MR) is 75.2 cm³/mol. The average molecular weight is 275 g/mol. The topological polar surface area (TPSA) is 58.6 Å². The van der Waals surface area contributed by atoms with Crippen molar-refractivity contribution in [2.24, 2.45) is 0 Å². The molecular weight excluding hydrogens is 250 g/mol. The second-order valence-electron chi connectivity index (χ2n) is 5.12. The van der Waals surface area contributed by atoms with Gasteiger partial charge in [-0.15, -0.1) is 0 Å². The Morgan fingerprint density at radius 2 is 2.28 bits per heavy atom. The number of nitrogens with one attached hydrogen (secondary N) is 1. The van der Waals surface area contributed by atoms with Gasteiger partial charge in [0.05, 0.1) is 6.10 Å². The molecule has 1 aliphatic heterocycles. The second kappa shape index (κ2) is 7.36. The van der Waals surface area contributed by atoms with E-state index in [4.69, 9.17) is 9.84 Å². The smallest absolute Gasteiger partial charge is 0.323 e. The summed E-state index contributed by atoms with van der Waals surface area (Å²) >= 11 is 1.97. The average Bonchev–Trinajstić information content (AvgIpc) is 2.74. The van der Waals surface area contributed by atoms with Crippen molar-refractivity contribution in [1.82, 2.24) is 5.32 Å². The van der Waals surface area contributed by atoms with E-state index in [9.17, 15) is 4.79 Å². The fourth-order valence-corrected chi connectivity index (χ4v) is 3.37. The molecule has 0 aromatic heterocycles. The molecular formula is C13H25NO3S. The molecule has 0 bridgehead atoms. The normalized spacial score (nSPS) is 27.1. The number of carbonyl (C=O) groups is 1. The first-order valence-corrected chi connectivity index (χ1v) is 7.70. The molecule has 0 radical (unpaired) electrons. The highest BCUT2D eigenvalue weighted by Crippen LogP contribution is 2.27. The van der Waals surface area contributed by atoms with Gasteiger partial charge in [-0.1, -0.05) is 6.42 Å². The lowest BCUT2D eigenvalue weighted by atomic mass is 9.95. The van der Waals surface area contributed by atoms with Crippen molar-refractivity contribution in [1.29, 1.82) is 0 Å². The number of hydrogen-bond acceptors (Lipinski definition) is 4. The van der Waals surface area contributed by atoms with Gasteiger partial charge < -0.3 is 15.2 Å². The van der Waals surface area contributed by atoms with E-state index in [2.05, 4.69) is 12.2 Å². The monoisotopic (exact) mass is 275 g/mol. The third-order valence-electron chi connectivity index (χ3n) is 3.73. The third kappa shape index (κ3) is 4.44. The van der Waals surface area contributed by atoms with Crippen molar-refractivity contribution in [3.8, 4) is 0 Å². The van der Waals surface area contributed by atoms with Gasteiger partial charge in [0.2, 0.25) is 0 Å². The number of unbranched alkanes of at least 4 members (excludes halogenated alkanes) is 1. The van der Waals surface area contributed by atoms with Gasteiger partial charge in [-0.25, -0.2) is 0 Å². The van der Waals surface area contributed by atoms with Crippen molar-refractivity contribution in [2.75, 3.05) is 19.4 Å². The number of ether oxygens (including phenoxy) is 1. The summed E-state index contributed by atoms with van der Waals surface area (Å²) < 4.78 is 5.52. The molecule has 4 nitrogen and oxygen atoms in total. The van der Waals surface area contributed by atoms with Crippen LogP contribution in [0.4, 0.5) is 0 Å². The van der Waals surface area contributed by atoms with Crippen molar-refractivity contribution >= 4 is 17.7 Å². The van der Waals surface area contributed by atoms with E-state index in [1.54, 1.807) is 14.0 Å². The summed E-state index contributed by atoms with van der Waals surface area (Å²) in [5.41, 5.74) is -0.783. The van der Waals surface area contributed by atoms with Gasteiger partial charge in [-0.05, 0) is 45.9 Å². The largest absolute Gasteiger partial charge is 0.480 e. The van der Waals surface area contributed by atoms with Gasteiger partial charge in [0.25, 0.3) is 0 Å². The molecule has 3 unspecified atom stereocenters. The quantitative estimate of drug-likeness (QED) is 0.665.